The number of benzene rings is 1. The molecule has 48 valence electrons. The fraction of sp³-hybridized carbons (Fsp3) is 0.143. The largest absolute Gasteiger partial charge is 1.00 e. The average Bonchev–Trinajstić information content (AvgIpc) is 1.90. The first kappa shape index (κ1) is 9.82. The second kappa shape index (κ2) is 4.61. The summed E-state index contributed by atoms with van der Waals surface area (Å²) in [6.07, 6.45) is 0. The predicted molar refractivity (Wildman–Crippen MR) is 35.4 cm³/mol. The molecule has 0 saturated heterocycles. The van der Waals surface area contributed by atoms with Crippen molar-refractivity contribution < 1.29 is 34.7 Å². The second-order valence-electron chi connectivity index (χ2n) is 1.77. The Morgan fingerprint density at radius 1 is 1.20 bits per heavy atom. The first-order valence-electron chi connectivity index (χ1n) is 2.78. The topological polar surface area (TPSA) is 35.1 Å². The Balaban J connectivity index is 0.000000810. The van der Waals surface area contributed by atoms with E-state index in [0.29, 0.717) is 0 Å². The molecule has 1 N–H and O–H groups in total. The fourth-order valence-electron chi connectivity index (χ4n) is 0.622. The molecule has 0 aromatic heterocycles. The van der Waals surface area contributed by atoms with E-state index in [4.69, 9.17) is 0 Å². The van der Waals surface area contributed by atoms with Crippen LogP contribution in [0.5, 0.6) is 5.75 Å². The van der Waals surface area contributed by atoms with Gasteiger partial charge in [0.1, 0.15) is 0 Å². The van der Waals surface area contributed by atoms with Crippen LogP contribution in [0.15, 0.2) is 24.3 Å². The number of hydrogen-bond acceptors (Lipinski definition) is 2. The molecule has 0 radical (unpaired) electrons. The Morgan fingerprint density at radius 2 is 1.70 bits per heavy atom. The van der Waals surface area contributed by atoms with E-state index in [1.807, 2.05) is 7.05 Å². The number of nitrogens with one attached hydrogen (secondary N) is 1. The zero-order chi connectivity index (χ0) is 6.69. The molecule has 1 aromatic carbocycles. The normalized spacial score (nSPS) is 8.10. The Bertz CT molecular complexity index is 185. The maximum absolute atomic E-state index is 10.5. The van der Waals surface area contributed by atoms with Gasteiger partial charge in [0.25, 0.3) is 0 Å². The molecule has 0 fully saturated rings. The van der Waals surface area contributed by atoms with Crippen LogP contribution in [0.1, 0.15) is 0 Å². The van der Waals surface area contributed by atoms with Crippen LogP contribution in [0.2, 0.25) is 0 Å². The summed E-state index contributed by atoms with van der Waals surface area (Å²) < 4.78 is 0. The van der Waals surface area contributed by atoms with Crippen molar-refractivity contribution in [1.82, 2.24) is 0 Å². The summed E-state index contributed by atoms with van der Waals surface area (Å²) >= 11 is 0. The molecule has 0 aliphatic heterocycles. The molecule has 2 nitrogen and oxygen atoms in total. The summed E-state index contributed by atoms with van der Waals surface area (Å²) in [5.41, 5.74) is 0.967. The summed E-state index contributed by atoms with van der Waals surface area (Å²) in [4.78, 5) is 0. The minimum Gasteiger partial charge on any atom is -0.872 e. The van der Waals surface area contributed by atoms with E-state index >= 15 is 0 Å². The standard InChI is InChI=1S/C7H9NO.Na/c1-8-6-2-4-7(9)5-3-6;/h2-5,8-9H,1H3;/q;+1/p-1. The van der Waals surface area contributed by atoms with Gasteiger partial charge in [-0.1, -0.05) is 12.1 Å². The third kappa shape index (κ3) is 2.60. The molecule has 0 saturated carbocycles. The number of rotatable bonds is 1. The Morgan fingerprint density at radius 3 is 2.10 bits per heavy atom. The second-order valence-corrected chi connectivity index (χ2v) is 1.77. The molecule has 0 amide bonds. The number of anilines is 1. The molecule has 0 heterocycles. The Kier molecular flexibility index (Phi) is 4.52. The fourth-order valence-corrected chi connectivity index (χ4v) is 0.622. The van der Waals surface area contributed by atoms with Gasteiger partial charge in [0, 0.05) is 12.7 Å². The van der Waals surface area contributed by atoms with Gasteiger partial charge >= 0.3 is 29.6 Å². The van der Waals surface area contributed by atoms with Gasteiger partial charge in [-0.3, -0.25) is 0 Å². The third-order valence-electron chi connectivity index (χ3n) is 1.14. The van der Waals surface area contributed by atoms with E-state index in [2.05, 4.69) is 5.32 Å². The van der Waals surface area contributed by atoms with Crippen LogP contribution >= 0.6 is 0 Å². The molecule has 0 atom stereocenters. The molecule has 0 spiro atoms. The van der Waals surface area contributed by atoms with Crippen molar-refractivity contribution in [2.24, 2.45) is 0 Å². The third-order valence-corrected chi connectivity index (χ3v) is 1.14. The quantitative estimate of drug-likeness (QED) is 0.455. The van der Waals surface area contributed by atoms with E-state index in [9.17, 15) is 5.11 Å². The maximum atomic E-state index is 10.5. The SMILES string of the molecule is CNc1ccc([O-])cc1.[Na+]. The molecule has 1 rings (SSSR count). The van der Waals surface area contributed by atoms with E-state index in [-0.39, 0.29) is 35.3 Å². The first-order valence-corrected chi connectivity index (χ1v) is 2.78. The van der Waals surface area contributed by atoms with Gasteiger partial charge in [-0.15, -0.1) is 5.75 Å². The van der Waals surface area contributed by atoms with Crippen molar-refractivity contribution in [2.75, 3.05) is 12.4 Å². The van der Waals surface area contributed by atoms with Crippen LogP contribution < -0.4 is 40.0 Å². The van der Waals surface area contributed by atoms with Gasteiger partial charge in [-0.2, -0.15) is 0 Å². The molecule has 1 aromatic rings. The van der Waals surface area contributed by atoms with Crippen molar-refractivity contribution in [3.63, 3.8) is 0 Å². The first-order chi connectivity index (χ1) is 4.33. The van der Waals surface area contributed by atoms with E-state index in [0.717, 1.165) is 5.69 Å². The molecule has 3 heteroatoms. The van der Waals surface area contributed by atoms with Crippen LogP contribution in [-0.4, -0.2) is 7.05 Å². The summed E-state index contributed by atoms with van der Waals surface area (Å²) in [5.74, 6) is 0.0500. The maximum Gasteiger partial charge on any atom is 1.00 e. The van der Waals surface area contributed by atoms with Crippen molar-refractivity contribution in [2.45, 2.75) is 0 Å². The molecular weight excluding hydrogens is 137 g/mol. The molecular formula is C7H8NNaO. The minimum absolute atomic E-state index is 0. The molecule has 10 heavy (non-hydrogen) atoms. The van der Waals surface area contributed by atoms with E-state index in [1.54, 1.807) is 12.1 Å². The summed E-state index contributed by atoms with van der Waals surface area (Å²) in [6, 6.07) is 6.57. The molecule has 0 unspecified atom stereocenters. The van der Waals surface area contributed by atoms with Gasteiger partial charge < -0.3 is 10.4 Å². The minimum atomic E-state index is 0. The summed E-state index contributed by atoms with van der Waals surface area (Å²) in [5, 5.41) is 13.4. The monoisotopic (exact) mass is 145 g/mol. The van der Waals surface area contributed by atoms with Gasteiger partial charge in [-0.25, -0.2) is 0 Å². The van der Waals surface area contributed by atoms with Crippen molar-refractivity contribution >= 4 is 5.69 Å². The van der Waals surface area contributed by atoms with E-state index in [1.165, 1.54) is 12.1 Å². The van der Waals surface area contributed by atoms with Crippen LogP contribution in [0.25, 0.3) is 0 Å². The smallest absolute Gasteiger partial charge is 0.872 e. The van der Waals surface area contributed by atoms with Gasteiger partial charge in [0.2, 0.25) is 0 Å². The van der Waals surface area contributed by atoms with E-state index < -0.39 is 0 Å². The van der Waals surface area contributed by atoms with Gasteiger partial charge in [0.15, 0.2) is 0 Å². The van der Waals surface area contributed by atoms with Crippen molar-refractivity contribution in [3.8, 4) is 5.75 Å². The van der Waals surface area contributed by atoms with Crippen molar-refractivity contribution in [1.29, 1.82) is 0 Å². The average molecular weight is 145 g/mol. The zero-order valence-electron chi connectivity index (χ0n) is 6.22. The van der Waals surface area contributed by atoms with Crippen LogP contribution in [0.3, 0.4) is 0 Å². The van der Waals surface area contributed by atoms with Crippen molar-refractivity contribution in [3.05, 3.63) is 24.3 Å². The molecule has 0 bridgehead atoms. The predicted octanol–water partition coefficient (Wildman–Crippen LogP) is -2.19. The van der Waals surface area contributed by atoms with Gasteiger partial charge in [-0.05, 0) is 12.1 Å². The van der Waals surface area contributed by atoms with Gasteiger partial charge in [0.05, 0.1) is 0 Å². The zero-order valence-corrected chi connectivity index (χ0v) is 8.22. The Labute approximate surface area is 82.6 Å². The van der Waals surface area contributed by atoms with Crippen LogP contribution in [0, 0.1) is 0 Å². The Hall–Kier alpha value is -0.180. The van der Waals surface area contributed by atoms with Crippen LogP contribution in [-0.2, 0) is 0 Å². The molecule has 0 aliphatic rings. The number of hydrogen-bond donors (Lipinski definition) is 1. The molecule has 0 aliphatic carbocycles. The summed E-state index contributed by atoms with van der Waals surface area (Å²) in [6.45, 7) is 0. The summed E-state index contributed by atoms with van der Waals surface area (Å²) in [7, 11) is 1.82. The van der Waals surface area contributed by atoms with Crippen LogP contribution in [0.4, 0.5) is 5.69 Å².